The fraction of sp³-hybridized carbons (Fsp3) is 0.933. The average molecular weight is 255 g/mol. The van der Waals surface area contributed by atoms with Gasteiger partial charge in [-0.3, -0.25) is 4.79 Å². The molecule has 0 bridgehead atoms. The van der Waals surface area contributed by atoms with Gasteiger partial charge in [0.1, 0.15) is 0 Å². The zero-order chi connectivity index (χ0) is 13.4. The molecule has 1 aliphatic rings. The van der Waals surface area contributed by atoms with E-state index in [2.05, 4.69) is 26.1 Å². The van der Waals surface area contributed by atoms with Crippen LogP contribution in [0.2, 0.25) is 0 Å². The lowest BCUT2D eigenvalue weighted by Crippen LogP contribution is -2.39. The van der Waals surface area contributed by atoms with E-state index in [1.807, 2.05) is 0 Å². The molecule has 3 atom stereocenters. The Labute approximate surface area is 112 Å². The second-order valence-corrected chi connectivity index (χ2v) is 5.62. The fourth-order valence-corrected chi connectivity index (χ4v) is 2.56. The molecule has 3 heteroatoms. The van der Waals surface area contributed by atoms with Crippen LogP contribution in [-0.2, 0) is 9.53 Å². The molecular formula is C15H29NO2. The maximum atomic E-state index is 12.0. The highest BCUT2D eigenvalue weighted by atomic mass is 16.5. The van der Waals surface area contributed by atoms with Gasteiger partial charge in [-0.15, -0.1) is 0 Å². The van der Waals surface area contributed by atoms with E-state index in [9.17, 15) is 4.79 Å². The van der Waals surface area contributed by atoms with E-state index in [4.69, 9.17) is 4.74 Å². The van der Waals surface area contributed by atoms with Crippen molar-refractivity contribution in [3.05, 3.63) is 0 Å². The van der Waals surface area contributed by atoms with Gasteiger partial charge in [-0.25, -0.2) is 0 Å². The Kier molecular flexibility index (Phi) is 7.33. The first kappa shape index (κ1) is 15.5. The molecule has 0 amide bonds. The normalized spacial score (nSPS) is 25.7. The third-order valence-corrected chi connectivity index (χ3v) is 3.96. The Hall–Kier alpha value is -0.570. The smallest absolute Gasteiger partial charge is 0.309 e. The highest BCUT2D eigenvalue weighted by Gasteiger charge is 2.26. The molecule has 1 rings (SSSR count). The van der Waals surface area contributed by atoms with Crippen molar-refractivity contribution in [3.8, 4) is 0 Å². The summed E-state index contributed by atoms with van der Waals surface area (Å²) in [5.74, 6) is 0.691. The highest BCUT2D eigenvalue weighted by Crippen LogP contribution is 2.19. The van der Waals surface area contributed by atoms with Crippen LogP contribution in [0.15, 0.2) is 0 Å². The van der Waals surface area contributed by atoms with E-state index in [1.54, 1.807) is 0 Å². The average Bonchev–Trinajstić information content (AvgIpc) is 2.38. The summed E-state index contributed by atoms with van der Waals surface area (Å²) < 4.78 is 5.51. The monoisotopic (exact) mass is 255 g/mol. The second-order valence-electron chi connectivity index (χ2n) is 5.62. The van der Waals surface area contributed by atoms with Gasteiger partial charge in [0.2, 0.25) is 0 Å². The van der Waals surface area contributed by atoms with Crippen molar-refractivity contribution < 1.29 is 9.53 Å². The molecule has 0 aliphatic carbocycles. The van der Waals surface area contributed by atoms with Gasteiger partial charge in [0, 0.05) is 6.04 Å². The molecule has 0 spiro atoms. The van der Waals surface area contributed by atoms with E-state index in [-0.39, 0.29) is 11.9 Å². The van der Waals surface area contributed by atoms with Gasteiger partial charge >= 0.3 is 5.97 Å². The van der Waals surface area contributed by atoms with E-state index in [0.717, 1.165) is 25.8 Å². The number of piperidine rings is 1. The fourth-order valence-electron chi connectivity index (χ4n) is 2.56. The summed E-state index contributed by atoms with van der Waals surface area (Å²) in [6, 6.07) is 0.443. The number of carbonyl (C=O) groups excluding carboxylic acids is 1. The van der Waals surface area contributed by atoms with Crippen LogP contribution in [0.4, 0.5) is 0 Å². The van der Waals surface area contributed by atoms with Crippen molar-refractivity contribution in [3.63, 3.8) is 0 Å². The Bertz CT molecular complexity index is 243. The van der Waals surface area contributed by atoms with Crippen LogP contribution in [-0.4, -0.2) is 25.2 Å². The number of unbranched alkanes of at least 4 members (excludes halogenated alkanes) is 1. The van der Waals surface area contributed by atoms with Crippen LogP contribution in [0.1, 0.15) is 59.3 Å². The molecule has 0 aromatic carbocycles. The minimum Gasteiger partial charge on any atom is -0.465 e. The lowest BCUT2D eigenvalue weighted by Gasteiger charge is -2.27. The first-order valence-corrected chi connectivity index (χ1v) is 7.57. The lowest BCUT2D eigenvalue weighted by atomic mass is 9.93. The quantitative estimate of drug-likeness (QED) is 0.710. The molecule has 106 valence electrons. The van der Waals surface area contributed by atoms with Gasteiger partial charge < -0.3 is 10.1 Å². The third-order valence-electron chi connectivity index (χ3n) is 3.96. The van der Waals surface area contributed by atoms with Crippen molar-refractivity contribution >= 4 is 5.97 Å². The molecule has 0 aromatic rings. The molecule has 3 unspecified atom stereocenters. The van der Waals surface area contributed by atoms with Gasteiger partial charge in [0.25, 0.3) is 0 Å². The standard InChI is InChI=1S/C15H29NO2/c1-4-6-7-13(5-2)11-18-15(17)14-8-9-16-12(3)10-14/h12-14,16H,4-11H2,1-3H3. The number of rotatable bonds is 7. The number of nitrogens with one attached hydrogen (secondary N) is 1. The number of carbonyl (C=O) groups is 1. The summed E-state index contributed by atoms with van der Waals surface area (Å²) in [5, 5.41) is 3.36. The molecule has 0 radical (unpaired) electrons. The summed E-state index contributed by atoms with van der Waals surface area (Å²) in [4.78, 5) is 12.0. The van der Waals surface area contributed by atoms with Gasteiger partial charge in [0.05, 0.1) is 12.5 Å². The molecule has 1 heterocycles. The third kappa shape index (κ3) is 5.38. The number of ether oxygens (including phenoxy) is 1. The summed E-state index contributed by atoms with van der Waals surface area (Å²) in [5.41, 5.74) is 0. The molecule has 18 heavy (non-hydrogen) atoms. The van der Waals surface area contributed by atoms with E-state index in [1.165, 1.54) is 19.3 Å². The molecule has 1 aliphatic heterocycles. The Morgan fingerprint density at radius 2 is 2.22 bits per heavy atom. The minimum atomic E-state index is 0.0262. The molecule has 0 saturated carbocycles. The van der Waals surface area contributed by atoms with Crippen molar-refractivity contribution in [1.82, 2.24) is 5.32 Å². The van der Waals surface area contributed by atoms with Gasteiger partial charge in [0.15, 0.2) is 0 Å². The topological polar surface area (TPSA) is 38.3 Å². The van der Waals surface area contributed by atoms with E-state index >= 15 is 0 Å². The SMILES string of the molecule is CCCCC(CC)COC(=O)C1CCNC(C)C1. The molecule has 3 nitrogen and oxygen atoms in total. The van der Waals surface area contributed by atoms with Crippen LogP contribution in [0, 0.1) is 11.8 Å². The largest absolute Gasteiger partial charge is 0.465 e. The van der Waals surface area contributed by atoms with Gasteiger partial charge in [-0.1, -0.05) is 33.1 Å². The van der Waals surface area contributed by atoms with Gasteiger partial charge in [-0.2, -0.15) is 0 Å². The maximum absolute atomic E-state index is 12.0. The molecule has 1 saturated heterocycles. The number of esters is 1. The van der Waals surface area contributed by atoms with Crippen molar-refractivity contribution in [2.24, 2.45) is 11.8 Å². The highest BCUT2D eigenvalue weighted by molar-refractivity contribution is 5.72. The second kappa shape index (κ2) is 8.52. The zero-order valence-corrected chi connectivity index (χ0v) is 12.2. The summed E-state index contributed by atoms with van der Waals surface area (Å²) in [7, 11) is 0. The number of hydrogen-bond acceptors (Lipinski definition) is 3. The lowest BCUT2D eigenvalue weighted by molar-refractivity contribution is -0.151. The Balaban J connectivity index is 2.26. The van der Waals surface area contributed by atoms with Crippen molar-refractivity contribution in [1.29, 1.82) is 0 Å². The van der Waals surface area contributed by atoms with Crippen molar-refractivity contribution in [2.45, 2.75) is 65.3 Å². The first-order chi connectivity index (χ1) is 8.67. The predicted octanol–water partition coefficient (Wildman–Crippen LogP) is 3.13. The maximum Gasteiger partial charge on any atom is 0.309 e. The van der Waals surface area contributed by atoms with E-state index in [0.29, 0.717) is 18.6 Å². The van der Waals surface area contributed by atoms with E-state index < -0.39 is 0 Å². The minimum absolute atomic E-state index is 0.0262. The predicted molar refractivity (Wildman–Crippen MR) is 74.5 cm³/mol. The van der Waals surface area contributed by atoms with Crippen LogP contribution < -0.4 is 5.32 Å². The summed E-state index contributed by atoms with van der Waals surface area (Å²) >= 11 is 0. The summed E-state index contributed by atoms with van der Waals surface area (Å²) in [6.45, 7) is 8.08. The van der Waals surface area contributed by atoms with Crippen LogP contribution in [0.3, 0.4) is 0 Å². The number of hydrogen-bond donors (Lipinski definition) is 1. The Morgan fingerprint density at radius 1 is 1.44 bits per heavy atom. The van der Waals surface area contributed by atoms with Crippen LogP contribution in [0.25, 0.3) is 0 Å². The van der Waals surface area contributed by atoms with Crippen molar-refractivity contribution in [2.75, 3.05) is 13.2 Å². The summed E-state index contributed by atoms with van der Waals surface area (Å²) in [6.07, 6.45) is 6.59. The molecular weight excluding hydrogens is 226 g/mol. The molecule has 0 aromatic heterocycles. The first-order valence-electron chi connectivity index (χ1n) is 7.57. The molecule has 1 fully saturated rings. The van der Waals surface area contributed by atoms with Gasteiger partial charge in [-0.05, 0) is 38.6 Å². The van der Waals surface area contributed by atoms with Crippen LogP contribution in [0.5, 0.6) is 0 Å². The van der Waals surface area contributed by atoms with Crippen LogP contribution >= 0.6 is 0 Å². The molecule has 1 N–H and O–H groups in total. The Morgan fingerprint density at radius 3 is 2.83 bits per heavy atom. The zero-order valence-electron chi connectivity index (χ0n) is 12.2.